The number of hydrogen-bond acceptors (Lipinski definition) is 2. The van der Waals surface area contributed by atoms with Crippen molar-refractivity contribution in [2.24, 2.45) is 0 Å². The first-order chi connectivity index (χ1) is 7.49. The lowest BCUT2D eigenvalue weighted by Crippen LogP contribution is -2.13. The molecule has 1 aromatic carbocycles. The summed E-state index contributed by atoms with van der Waals surface area (Å²) in [6.45, 7) is 1.36. The van der Waals surface area contributed by atoms with Crippen LogP contribution in [0.1, 0.15) is 19.8 Å². The van der Waals surface area contributed by atoms with Crippen LogP contribution in [-0.2, 0) is 9.59 Å². The number of amides is 1. The van der Waals surface area contributed by atoms with Gasteiger partial charge in [-0.15, -0.1) is 0 Å². The molecule has 0 saturated heterocycles. The van der Waals surface area contributed by atoms with Gasteiger partial charge in [-0.1, -0.05) is 0 Å². The van der Waals surface area contributed by atoms with E-state index in [1.54, 1.807) is 0 Å². The molecule has 1 amide bonds. The molecule has 0 atom stereocenters. The highest BCUT2D eigenvalue weighted by molar-refractivity contribution is 5.93. The fourth-order valence-corrected chi connectivity index (χ4v) is 1.10. The third kappa shape index (κ3) is 3.76. The minimum Gasteiger partial charge on any atom is -0.324 e. The van der Waals surface area contributed by atoms with Crippen LogP contribution in [-0.4, -0.2) is 11.7 Å². The van der Waals surface area contributed by atoms with Crippen LogP contribution in [0.25, 0.3) is 0 Å². The molecule has 0 aliphatic rings. The van der Waals surface area contributed by atoms with E-state index in [-0.39, 0.29) is 24.3 Å². The maximum atomic E-state index is 13.1. The summed E-state index contributed by atoms with van der Waals surface area (Å²) >= 11 is 0. The van der Waals surface area contributed by atoms with Crippen LogP contribution < -0.4 is 5.32 Å². The molecule has 0 aliphatic heterocycles. The zero-order valence-corrected chi connectivity index (χ0v) is 8.72. The van der Waals surface area contributed by atoms with E-state index in [0.29, 0.717) is 0 Å². The number of Topliss-reactive ketones (excluding diaryl/α,β-unsaturated/α-hetero) is 1. The van der Waals surface area contributed by atoms with E-state index in [2.05, 4.69) is 5.32 Å². The van der Waals surface area contributed by atoms with Crippen molar-refractivity contribution in [2.75, 3.05) is 5.32 Å². The van der Waals surface area contributed by atoms with Crippen LogP contribution in [0.3, 0.4) is 0 Å². The Labute approximate surface area is 91.5 Å². The summed E-state index contributed by atoms with van der Waals surface area (Å²) in [4.78, 5) is 21.8. The number of halogens is 2. The molecule has 0 bridgehead atoms. The molecule has 86 valence electrons. The average molecular weight is 227 g/mol. The summed E-state index contributed by atoms with van der Waals surface area (Å²) in [5.41, 5.74) is -0.214. The lowest BCUT2D eigenvalue weighted by atomic mass is 10.2. The molecule has 1 rings (SSSR count). The third-order valence-electron chi connectivity index (χ3n) is 1.91. The number of hydrogen-bond donors (Lipinski definition) is 1. The second kappa shape index (κ2) is 5.34. The number of anilines is 1. The second-order valence-electron chi connectivity index (χ2n) is 3.37. The zero-order chi connectivity index (χ0) is 12.1. The van der Waals surface area contributed by atoms with E-state index >= 15 is 0 Å². The molecule has 16 heavy (non-hydrogen) atoms. The van der Waals surface area contributed by atoms with Gasteiger partial charge in [-0.05, 0) is 19.1 Å². The Balaban J connectivity index is 2.62. The topological polar surface area (TPSA) is 46.2 Å². The molecule has 0 heterocycles. The predicted molar refractivity (Wildman–Crippen MR) is 54.9 cm³/mol. The van der Waals surface area contributed by atoms with Gasteiger partial charge in [-0.2, -0.15) is 0 Å². The number of rotatable bonds is 4. The van der Waals surface area contributed by atoms with Crippen molar-refractivity contribution in [3.8, 4) is 0 Å². The Morgan fingerprint density at radius 2 is 1.94 bits per heavy atom. The van der Waals surface area contributed by atoms with Gasteiger partial charge in [0.05, 0.1) is 5.69 Å². The van der Waals surface area contributed by atoms with Gasteiger partial charge in [-0.25, -0.2) is 8.78 Å². The summed E-state index contributed by atoms with van der Waals surface area (Å²) < 4.78 is 25.8. The molecular formula is C11H11F2NO2. The quantitative estimate of drug-likeness (QED) is 0.857. The number of nitrogens with one attached hydrogen (secondary N) is 1. The molecule has 1 aromatic rings. The number of ketones is 1. The molecule has 0 aliphatic carbocycles. The molecule has 3 nitrogen and oxygen atoms in total. The van der Waals surface area contributed by atoms with Crippen molar-refractivity contribution in [3.63, 3.8) is 0 Å². The van der Waals surface area contributed by atoms with Gasteiger partial charge in [0.25, 0.3) is 0 Å². The summed E-state index contributed by atoms with van der Waals surface area (Å²) in [5.74, 6) is -1.99. The highest BCUT2D eigenvalue weighted by Crippen LogP contribution is 2.15. The number of carbonyl (C=O) groups excluding carboxylic acids is 2. The van der Waals surface area contributed by atoms with Crippen molar-refractivity contribution in [1.82, 2.24) is 0 Å². The van der Waals surface area contributed by atoms with Crippen molar-refractivity contribution < 1.29 is 18.4 Å². The third-order valence-corrected chi connectivity index (χ3v) is 1.91. The van der Waals surface area contributed by atoms with Crippen LogP contribution in [0.2, 0.25) is 0 Å². The fourth-order valence-electron chi connectivity index (χ4n) is 1.10. The lowest BCUT2D eigenvalue weighted by Gasteiger charge is -2.05. The van der Waals surface area contributed by atoms with Crippen LogP contribution in [0.15, 0.2) is 18.2 Å². The van der Waals surface area contributed by atoms with Gasteiger partial charge < -0.3 is 10.1 Å². The van der Waals surface area contributed by atoms with E-state index in [4.69, 9.17) is 0 Å². The van der Waals surface area contributed by atoms with E-state index in [1.807, 2.05) is 0 Å². The van der Waals surface area contributed by atoms with Gasteiger partial charge in [-0.3, -0.25) is 4.79 Å². The maximum Gasteiger partial charge on any atom is 0.224 e. The minimum absolute atomic E-state index is 0.0364. The van der Waals surface area contributed by atoms with Crippen molar-refractivity contribution in [3.05, 3.63) is 29.8 Å². The monoisotopic (exact) mass is 227 g/mol. The number of carbonyl (C=O) groups is 2. The van der Waals surface area contributed by atoms with Crippen LogP contribution >= 0.6 is 0 Å². The van der Waals surface area contributed by atoms with Gasteiger partial charge >= 0.3 is 0 Å². The Bertz CT molecular complexity index is 418. The largest absolute Gasteiger partial charge is 0.324 e. The van der Waals surface area contributed by atoms with Crippen molar-refractivity contribution in [2.45, 2.75) is 19.8 Å². The Kier molecular flexibility index (Phi) is 4.10. The predicted octanol–water partition coefficient (Wildman–Crippen LogP) is 2.27. The van der Waals surface area contributed by atoms with Crippen molar-refractivity contribution in [1.29, 1.82) is 0 Å². The maximum absolute atomic E-state index is 13.1. The first kappa shape index (κ1) is 12.3. The first-order valence-corrected chi connectivity index (χ1v) is 4.73. The van der Waals surface area contributed by atoms with Crippen LogP contribution in [0.4, 0.5) is 14.5 Å². The lowest BCUT2D eigenvalue weighted by molar-refractivity contribution is -0.121. The summed E-state index contributed by atoms with van der Waals surface area (Å²) in [5, 5.41) is 2.20. The molecule has 0 saturated carbocycles. The van der Waals surface area contributed by atoms with Crippen LogP contribution in [0, 0.1) is 11.6 Å². The van der Waals surface area contributed by atoms with Gasteiger partial charge in [0.15, 0.2) is 0 Å². The molecular weight excluding hydrogens is 216 g/mol. The van der Waals surface area contributed by atoms with Gasteiger partial charge in [0, 0.05) is 18.9 Å². The first-order valence-electron chi connectivity index (χ1n) is 4.73. The van der Waals surface area contributed by atoms with E-state index in [1.165, 1.54) is 6.92 Å². The van der Waals surface area contributed by atoms with Crippen molar-refractivity contribution >= 4 is 17.4 Å². The minimum atomic E-state index is -0.711. The number of benzene rings is 1. The summed E-state index contributed by atoms with van der Waals surface area (Å²) in [7, 11) is 0. The fraction of sp³-hybridized carbons (Fsp3) is 0.273. The zero-order valence-electron chi connectivity index (χ0n) is 8.72. The summed E-state index contributed by atoms with van der Waals surface area (Å²) in [6.07, 6.45) is 0.0497. The molecule has 0 aromatic heterocycles. The molecule has 5 heteroatoms. The molecule has 0 radical (unpaired) electrons. The average Bonchev–Trinajstić information content (AvgIpc) is 2.20. The molecule has 0 spiro atoms. The Hall–Kier alpha value is -1.78. The molecule has 1 N–H and O–H groups in total. The van der Waals surface area contributed by atoms with E-state index in [9.17, 15) is 18.4 Å². The van der Waals surface area contributed by atoms with E-state index in [0.717, 1.165) is 18.2 Å². The normalized spacial score (nSPS) is 9.94. The SMILES string of the molecule is CC(=O)CCC(=O)Nc1cc(F)ccc1F. The summed E-state index contributed by atoms with van der Waals surface area (Å²) in [6, 6.07) is 2.78. The van der Waals surface area contributed by atoms with E-state index < -0.39 is 17.5 Å². The van der Waals surface area contributed by atoms with Crippen LogP contribution in [0.5, 0.6) is 0 Å². The molecule has 0 fully saturated rings. The standard InChI is InChI=1S/C11H11F2NO2/c1-7(15)2-5-11(16)14-10-6-8(12)3-4-9(10)13/h3-4,6H,2,5H2,1H3,(H,14,16). The van der Waals surface area contributed by atoms with Gasteiger partial charge in [0.1, 0.15) is 17.4 Å². The smallest absolute Gasteiger partial charge is 0.224 e. The highest BCUT2D eigenvalue weighted by atomic mass is 19.1. The molecule has 0 unspecified atom stereocenters. The Morgan fingerprint density at radius 3 is 2.56 bits per heavy atom. The highest BCUT2D eigenvalue weighted by Gasteiger charge is 2.08. The van der Waals surface area contributed by atoms with Gasteiger partial charge in [0.2, 0.25) is 5.91 Å². The Morgan fingerprint density at radius 1 is 1.25 bits per heavy atom. The second-order valence-corrected chi connectivity index (χ2v) is 3.37.